The van der Waals surface area contributed by atoms with E-state index in [1.54, 1.807) is 17.0 Å². The number of rotatable bonds is 6. The minimum atomic E-state index is -0.857. The molecule has 2 amide bonds. The lowest BCUT2D eigenvalue weighted by Crippen LogP contribution is -2.39. The number of likely N-dealkylation sites (tertiary alicyclic amines) is 1. The lowest BCUT2D eigenvalue weighted by Gasteiger charge is -2.32. The maximum absolute atomic E-state index is 13.3. The number of ketones is 1. The van der Waals surface area contributed by atoms with Gasteiger partial charge in [0.1, 0.15) is 5.82 Å². The second-order valence-corrected chi connectivity index (χ2v) is 8.42. The number of imidazole rings is 1. The van der Waals surface area contributed by atoms with Crippen LogP contribution in [0.15, 0.2) is 30.5 Å². The Balaban J connectivity index is 1.52. The minimum Gasteiger partial charge on any atom is -0.479 e. The zero-order chi connectivity index (χ0) is 24.4. The lowest BCUT2D eigenvalue weighted by molar-refractivity contribution is -0.124. The Morgan fingerprint density at radius 2 is 1.82 bits per heavy atom. The van der Waals surface area contributed by atoms with Gasteiger partial charge in [0.2, 0.25) is 17.4 Å². The number of halogens is 1. The van der Waals surface area contributed by atoms with Crippen molar-refractivity contribution in [3.8, 4) is 5.88 Å². The van der Waals surface area contributed by atoms with Crippen molar-refractivity contribution in [2.45, 2.75) is 19.3 Å². The molecule has 1 fully saturated rings. The molecule has 3 heterocycles. The summed E-state index contributed by atoms with van der Waals surface area (Å²) in [5.74, 6) is -2.09. The molecule has 34 heavy (non-hydrogen) atoms. The molecule has 11 heteroatoms. The number of hydrogen-bond donors (Lipinski definition) is 0. The van der Waals surface area contributed by atoms with Crippen LogP contribution in [0.5, 0.6) is 5.88 Å². The summed E-state index contributed by atoms with van der Waals surface area (Å²) in [6, 6.07) is 6.48. The normalized spacial score (nSPS) is 14.3. The Kier molecular flexibility index (Phi) is 6.53. The number of Topliss-reactive ketones (excluding diaryl/α,β-unsaturated/α-hetero) is 1. The SMILES string of the molecule is COc1nc2cnc(C(=O)C(=O)N(C)C)n2nc1C(=O)N1CCC(Cc2ccc(F)cc2)CC1. The van der Waals surface area contributed by atoms with Crippen LogP contribution in [0.25, 0.3) is 5.65 Å². The maximum Gasteiger partial charge on any atom is 0.297 e. The number of piperidine rings is 1. The highest BCUT2D eigenvalue weighted by Crippen LogP contribution is 2.25. The molecule has 0 N–H and O–H groups in total. The van der Waals surface area contributed by atoms with Crippen molar-refractivity contribution in [3.05, 3.63) is 53.4 Å². The second kappa shape index (κ2) is 9.54. The molecule has 4 rings (SSSR count). The summed E-state index contributed by atoms with van der Waals surface area (Å²) in [6.45, 7) is 1.03. The smallest absolute Gasteiger partial charge is 0.297 e. The molecule has 1 aliphatic rings. The number of methoxy groups -OCH3 is 1. The van der Waals surface area contributed by atoms with Crippen molar-refractivity contribution < 1.29 is 23.5 Å². The molecular weight excluding hydrogens is 443 g/mol. The van der Waals surface area contributed by atoms with E-state index in [0.29, 0.717) is 19.0 Å². The quantitative estimate of drug-likeness (QED) is 0.400. The van der Waals surface area contributed by atoms with Gasteiger partial charge in [-0.15, -0.1) is 0 Å². The molecule has 0 saturated carbocycles. The van der Waals surface area contributed by atoms with Gasteiger partial charge in [0.25, 0.3) is 17.6 Å². The summed E-state index contributed by atoms with van der Waals surface area (Å²) >= 11 is 0. The molecule has 0 unspecified atom stereocenters. The molecule has 0 bridgehead atoms. The summed E-state index contributed by atoms with van der Waals surface area (Å²) in [5, 5.41) is 4.29. The zero-order valence-electron chi connectivity index (χ0n) is 19.2. The third kappa shape index (κ3) is 4.59. The van der Waals surface area contributed by atoms with E-state index in [-0.39, 0.29) is 34.8 Å². The van der Waals surface area contributed by atoms with Gasteiger partial charge < -0.3 is 14.5 Å². The molecule has 3 aromatic rings. The van der Waals surface area contributed by atoms with E-state index in [9.17, 15) is 18.8 Å². The van der Waals surface area contributed by atoms with Crippen molar-refractivity contribution in [2.75, 3.05) is 34.3 Å². The summed E-state index contributed by atoms with van der Waals surface area (Å²) < 4.78 is 19.5. The lowest BCUT2D eigenvalue weighted by atomic mass is 9.90. The first-order valence-electron chi connectivity index (χ1n) is 10.9. The number of amides is 2. The molecule has 0 radical (unpaired) electrons. The Morgan fingerprint density at radius 1 is 1.15 bits per heavy atom. The van der Waals surface area contributed by atoms with Crippen molar-refractivity contribution in [1.29, 1.82) is 0 Å². The highest BCUT2D eigenvalue weighted by molar-refractivity contribution is 6.41. The van der Waals surface area contributed by atoms with Crippen LogP contribution in [-0.4, -0.2) is 81.3 Å². The Labute approximate surface area is 195 Å². The summed E-state index contributed by atoms with van der Waals surface area (Å²) in [4.78, 5) is 48.9. The number of nitrogens with zero attached hydrogens (tertiary/aromatic N) is 6. The van der Waals surface area contributed by atoms with Gasteiger partial charge in [0.15, 0.2) is 5.65 Å². The standard InChI is InChI=1S/C23H25FN6O4/c1-28(2)23(33)19(31)20-25-13-17-26-21(34-3)18(27-30(17)20)22(32)29-10-8-15(9-11-29)12-14-4-6-16(24)7-5-14/h4-7,13,15H,8-12H2,1-3H3. The fourth-order valence-corrected chi connectivity index (χ4v) is 3.99. The number of hydrogen-bond acceptors (Lipinski definition) is 7. The van der Waals surface area contributed by atoms with E-state index in [2.05, 4.69) is 15.1 Å². The number of likely N-dealkylation sites (N-methyl/N-ethyl adjacent to an activating group) is 1. The van der Waals surface area contributed by atoms with Crippen LogP contribution in [0.1, 0.15) is 39.5 Å². The number of carbonyl (C=O) groups excluding carboxylic acids is 3. The van der Waals surface area contributed by atoms with E-state index in [0.717, 1.165) is 34.2 Å². The topological polar surface area (TPSA) is 110 Å². The van der Waals surface area contributed by atoms with Crippen molar-refractivity contribution >= 4 is 23.2 Å². The van der Waals surface area contributed by atoms with Crippen molar-refractivity contribution in [2.24, 2.45) is 5.92 Å². The molecule has 0 atom stereocenters. The number of ether oxygens (including phenoxy) is 1. The molecule has 1 aliphatic heterocycles. The number of fused-ring (bicyclic) bond motifs is 1. The van der Waals surface area contributed by atoms with Gasteiger partial charge in [0.05, 0.1) is 13.3 Å². The monoisotopic (exact) mass is 468 g/mol. The molecule has 1 aromatic carbocycles. The van der Waals surface area contributed by atoms with Crippen LogP contribution in [-0.2, 0) is 11.2 Å². The zero-order valence-corrected chi connectivity index (χ0v) is 19.2. The van der Waals surface area contributed by atoms with Gasteiger partial charge in [-0.1, -0.05) is 12.1 Å². The largest absolute Gasteiger partial charge is 0.479 e. The fourth-order valence-electron chi connectivity index (χ4n) is 3.99. The minimum absolute atomic E-state index is 0.0174. The molecule has 178 valence electrons. The first-order chi connectivity index (χ1) is 16.3. The highest BCUT2D eigenvalue weighted by Gasteiger charge is 2.30. The summed E-state index contributed by atoms with van der Waals surface area (Å²) in [6.07, 6.45) is 3.68. The van der Waals surface area contributed by atoms with Gasteiger partial charge in [-0.3, -0.25) is 14.4 Å². The van der Waals surface area contributed by atoms with E-state index >= 15 is 0 Å². The third-order valence-corrected chi connectivity index (χ3v) is 5.88. The van der Waals surface area contributed by atoms with Gasteiger partial charge in [-0.05, 0) is 42.9 Å². The summed E-state index contributed by atoms with van der Waals surface area (Å²) in [5.41, 5.74) is 1.19. The average Bonchev–Trinajstić information content (AvgIpc) is 3.26. The van der Waals surface area contributed by atoms with Gasteiger partial charge in [-0.2, -0.15) is 14.6 Å². The maximum atomic E-state index is 13.3. The highest BCUT2D eigenvalue weighted by atomic mass is 19.1. The molecular formula is C23H25FN6O4. The third-order valence-electron chi connectivity index (χ3n) is 5.88. The van der Waals surface area contributed by atoms with E-state index in [1.807, 2.05) is 0 Å². The number of benzene rings is 1. The van der Waals surface area contributed by atoms with Crippen LogP contribution >= 0.6 is 0 Å². The molecule has 2 aromatic heterocycles. The van der Waals surface area contributed by atoms with E-state index in [4.69, 9.17) is 4.74 Å². The molecule has 0 spiro atoms. The van der Waals surface area contributed by atoms with E-state index in [1.165, 1.54) is 39.5 Å². The van der Waals surface area contributed by atoms with Crippen LogP contribution in [0.3, 0.4) is 0 Å². The van der Waals surface area contributed by atoms with Crippen molar-refractivity contribution in [3.63, 3.8) is 0 Å². The van der Waals surface area contributed by atoms with Crippen LogP contribution in [0.4, 0.5) is 4.39 Å². The number of carbonyl (C=O) groups is 3. The fraction of sp³-hybridized carbons (Fsp3) is 0.391. The Bertz CT molecular complexity index is 1230. The predicted octanol–water partition coefficient (Wildman–Crippen LogP) is 1.64. The van der Waals surface area contributed by atoms with Crippen LogP contribution < -0.4 is 4.74 Å². The molecule has 10 nitrogen and oxygen atoms in total. The van der Waals surface area contributed by atoms with Crippen LogP contribution in [0.2, 0.25) is 0 Å². The summed E-state index contributed by atoms with van der Waals surface area (Å²) in [7, 11) is 4.29. The predicted molar refractivity (Wildman–Crippen MR) is 119 cm³/mol. The van der Waals surface area contributed by atoms with E-state index < -0.39 is 11.7 Å². The van der Waals surface area contributed by atoms with Gasteiger partial charge in [-0.25, -0.2) is 9.37 Å². The first-order valence-corrected chi connectivity index (χ1v) is 10.9. The van der Waals surface area contributed by atoms with Gasteiger partial charge in [0, 0.05) is 27.2 Å². The second-order valence-electron chi connectivity index (χ2n) is 8.42. The molecule has 0 aliphatic carbocycles. The van der Waals surface area contributed by atoms with Crippen molar-refractivity contribution in [1.82, 2.24) is 29.4 Å². The Hall–Kier alpha value is -3.89. The van der Waals surface area contributed by atoms with Gasteiger partial charge >= 0.3 is 0 Å². The number of aromatic nitrogens is 4. The van der Waals surface area contributed by atoms with Crippen LogP contribution in [0, 0.1) is 11.7 Å². The Morgan fingerprint density at radius 3 is 2.44 bits per heavy atom. The first kappa shape index (κ1) is 23.3. The molecule has 1 saturated heterocycles. The average molecular weight is 468 g/mol.